The summed E-state index contributed by atoms with van der Waals surface area (Å²) in [6, 6.07) is 5.68. The predicted octanol–water partition coefficient (Wildman–Crippen LogP) is 2.72. The molecule has 0 atom stereocenters. The van der Waals surface area contributed by atoms with Crippen molar-refractivity contribution in [2.75, 3.05) is 32.7 Å². The van der Waals surface area contributed by atoms with E-state index in [0.717, 1.165) is 23.5 Å². The third kappa shape index (κ3) is 5.79. The summed E-state index contributed by atoms with van der Waals surface area (Å²) in [7, 11) is -3.63. The number of hydrogen-bond donors (Lipinski definition) is 1. The number of nitrogens with zero attached hydrogens (tertiary/aromatic N) is 2. The van der Waals surface area contributed by atoms with Gasteiger partial charge >= 0.3 is 0 Å². The van der Waals surface area contributed by atoms with Crippen molar-refractivity contribution in [2.45, 2.75) is 17.1 Å². The Balaban J connectivity index is 1.41. The second-order valence-electron chi connectivity index (χ2n) is 6.83. The molecule has 1 aromatic carbocycles. The summed E-state index contributed by atoms with van der Waals surface area (Å²) in [5.74, 6) is -2.56. The van der Waals surface area contributed by atoms with E-state index in [-0.39, 0.29) is 54.8 Å². The molecule has 3 rings (SSSR count). The quantitative estimate of drug-likeness (QED) is 0.603. The number of rotatable bonds is 7. The summed E-state index contributed by atoms with van der Waals surface area (Å²) >= 11 is 6.81. The number of piperazine rings is 1. The van der Waals surface area contributed by atoms with E-state index in [2.05, 4.69) is 5.32 Å². The Bertz CT molecular complexity index is 1070. The molecule has 7 nitrogen and oxygen atoms in total. The largest absolute Gasteiger partial charge is 0.352 e. The van der Waals surface area contributed by atoms with Gasteiger partial charge in [-0.25, -0.2) is 17.2 Å². The molecule has 168 valence electrons. The third-order valence-corrected chi connectivity index (χ3v) is 8.36. The van der Waals surface area contributed by atoms with Crippen molar-refractivity contribution in [1.82, 2.24) is 14.5 Å². The number of hydrogen-bond acceptors (Lipinski definition) is 5. The van der Waals surface area contributed by atoms with Gasteiger partial charge in [-0.15, -0.1) is 11.3 Å². The predicted molar refractivity (Wildman–Crippen MR) is 113 cm³/mol. The lowest BCUT2D eigenvalue weighted by molar-refractivity contribution is -0.132. The zero-order valence-electron chi connectivity index (χ0n) is 16.3. The van der Waals surface area contributed by atoms with Gasteiger partial charge in [-0.3, -0.25) is 9.59 Å². The second-order valence-corrected chi connectivity index (χ2v) is 10.7. The topological polar surface area (TPSA) is 86.8 Å². The van der Waals surface area contributed by atoms with Crippen LogP contribution >= 0.6 is 22.9 Å². The van der Waals surface area contributed by atoms with Crippen molar-refractivity contribution < 1.29 is 26.8 Å². The Hall–Kier alpha value is -2.08. The van der Waals surface area contributed by atoms with Gasteiger partial charge in [0.2, 0.25) is 5.91 Å². The fourth-order valence-corrected chi connectivity index (χ4v) is 6.17. The molecule has 0 aliphatic carbocycles. The first-order valence-corrected chi connectivity index (χ1v) is 12.1. The van der Waals surface area contributed by atoms with E-state index >= 15 is 0 Å². The van der Waals surface area contributed by atoms with Crippen molar-refractivity contribution in [1.29, 1.82) is 0 Å². The van der Waals surface area contributed by atoms with Crippen LogP contribution in [-0.2, 0) is 14.8 Å². The lowest BCUT2D eigenvalue weighted by Gasteiger charge is -2.33. The van der Waals surface area contributed by atoms with Crippen LogP contribution < -0.4 is 5.32 Å². The van der Waals surface area contributed by atoms with E-state index in [4.69, 9.17) is 11.6 Å². The van der Waals surface area contributed by atoms with Gasteiger partial charge in [0.1, 0.15) is 15.8 Å². The highest BCUT2D eigenvalue weighted by Crippen LogP contribution is 2.28. The Morgan fingerprint density at radius 2 is 1.81 bits per heavy atom. The maximum atomic E-state index is 13.6. The van der Waals surface area contributed by atoms with Gasteiger partial charge in [-0.05, 0) is 30.7 Å². The van der Waals surface area contributed by atoms with Gasteiger partial charge in [0.25, 0.3) is 15.9 Å². The molecule has 1 N–H and O–H groups in total. The molecule has 12 heteroatoms. The van der Waals surface area contributed by atoms with E-state index in [1.807, 2.05) is 0 Å². The highest BCUT2D eigenvalue weighted by molar-refractivity contribution is 7.91. The first-order valence-electron chi connectivity index (χ1n) is 9.45. The fourth-order valence-electron chi connectivity index (χ4n) is 3.11. The fraction of sp³-hybridized carbons (Fsp3) is 0.368. The standard InChI is InChI=1S/C19H20ClF2N3O4S2/c20-16-5-6-18(30-16)31(28,29)25-10-8-24(9-11-25)17(26)2-1-7-23-19(27)14-4-3-13(21)12-15(14)22/h3-6,12H,1-2,7-11H2,(H,23,27). The van der Waals surface area contributed by atoms with Crippen molar-refractivity contribution in [2.24, 2.45) is 0 Å². The number of halogens is 3. The van der Waals surface area contributed by atoms with Gasteiger partial charge in [-0.2, -0.15) is 4.31 Å². The summed E-state index contributed by atoms with van der Waals surface area (Å²) < 4.78 is 53.6. The van der Waals surface area contributed by atoms with Gasteiger partial charge in [0.05, 0.1) is 9.90 Å². The molecular formula is C19H20ClF2N3O4S2. The van der Waals surface area contributed by atoms with Crippen molar-refractivity contribution in [3.63, 3.8) is 0 Å². The molecule has 1 fully saturated rings. The zero-order valence-corrected chi connectivity index (χ0v) is 18.7. The van der Waals surface area contributed by atoms with Crippen LogP contribution in [0.5, 0.6) is 0 Å². The maximum Gasteiger partial charge on any atom is 0.254 e. The Labute approximate surface area is 187 Å². The number of carbonyl (C=O) groups excluding carboxylic acids is 2. The van der Waals surface area contributed by atoms with Gasteiger partial charge < -0.3 is 10.2 Å². The summed E-state index contributed by atoms with van der Waals surface area (Å²) in [6.45, 7) is 1.05. The molecule has 0 unspecified atom stereocenters. The van der Waals surface area contributed by atoms with E-state index in [9.17, 15) is 26.8 Å². The van der Waals surface area contributed by atoms with Crippen LogP contribution in [0.2, 0.25) is 4.34 Å². The number of sulfonamides is 1. The minimum atomic E-state index is -3.63. The van der Waals surface area contributed by atoms with Crippen molar-refractivity contribution in [3.8, 4) is 0 Å². The van der Waals surface area contributed by atoms with Crippen LogP contribution in [0.15, 0.2) is 34.5 Å². The summed E-state index contributed by atoms with van der Waals surface area (Å²) in [5, 5.41) is 2.50. The monoisotopic (exact) mass is 491 g/mol. The SMILES string of the molecule is O=C(NCCCC(=O)N1CCN(S(=O)(=O)c2ccc(Cl)s2)CC1)c1ccc(F)cc1F. The van der Waals surface area contributed by atoms with Crippen LogP contribution in [0.4, 0.5) is 8.78 Å². The number of nitrogens with one attached hydrogen (secondary N) is 1. The molecule has 0 bridgehead atoms. The van der Waals surface area contributed by atoms with Gasteiger partial charge in [0, 0.05) is 45.2 Å². The average Bonchev–Trinajstić information content (AvgIpc) is 3.18. The van der Waals surface area contributed by atoms with Crippen LogP contribution in [0, 0.1) is 11.6 Å². The Morgan fingerprint density at radius 1 is 1.10 bits per heavy atom. The zero-order chi connectivity index (χ0) is 22.6. The van der Waals surface area contributed by atoms with E-state index < -0.39 is 27.6 Å². The normalized spacial score (nSPS) is 15.1. The highest BCUT2D eigenvalue weighted by atomic mass is 35.5. The van der Waals surface area contributed by atoms with E-state index in [0.29, 0.717) is 16.8 Å². The van der Waals surface area contributed by atoms with E-state index in [1.54, 1.807) is 4.90 Å². The molecular weight excluding hydrogens is 472 g/mol. The minimum absolute atomic E-state index is 0.148. The number of thiophene rings is 1. The van der Waals surface area contributed by atoms with Crippen LogP contribution in [0.3, 0.4) is 0 Å². The lowest BCUT2D eigenvalue weighted by Crippen LogP contribution is -2.50. The molecule has 0 saturated carbocycles. The first-order chi connectivity index (χ1) is 14.7. The second kappa shape index (κ2) is 10.0. The summed E-state index contributed by atoms with van der Waals surface area (Å²) in [4.78, 5) is 25.9. The first kappa shape index (κ1) is 23.6. The number of benzene rings is 1. The summed E-state index contributed by atoms with van der Waals surface area (Å²) in [6.07, 6.45) is 0.485. The Morgan fingerprint density at radius 3 is 2.42 bits per heavy atom. The van der Waals surface area contributed by atoms with Gasteiger partial charge in [-0.1, -0.05) is 11.6 Å². The molecule has 1 aromatic heterocycles. The highest BCUT2D eigenvalue weighted by Gasteiger charge is 2.30. The van der Waals surface area contributed by atoms with Crippen LogP contribution in [0.1, 0.15) is 23.2 Å². The summed E-state index contributed by atoms with van der Waals surface area (Å²) in [5.41, 5.74) is -0.267. The Kier molecular flexibility index (Phi) is 7.63. The minimum Gasteiger partial charge on any atom is -0.352 e. The maximum absolute atomic E-state index is 13.6. The molecule has 1 aliphatic heterocycles. The molecule has 0 spiro atoms. The smallest absolute Gasteiger partial charge is 0.254 e. The van der Waals surface area contributed by atoms with Crippen molar-refractivity contribution >= 4 is 44.8 Å². The molecule has 2 amide bonds. The number of carbonyl (C=O) groups is 2. The van der Waals surface area contributed by atoms with Crippen LogP contribution in [-0.4, -0.2) is 62.2 Å². The molecule has 2 aromatic rings. The average molecular weight is 492 g/mol. The molecule has 1 aliphatic rings. The lowest BCUT2D eigenvalue weighted by atomic mass is 10.2. The van der Waals surface area contributed by atoms with Crippen LogP contribution in [0.25, 0.3) is 0 Å². The molecule has 0 radical (unpaired) electrons. The molecule has 31 heavy (non-hydrogen) atoms. The van der Waals surface area contributed by atoms with Crippen molar-refractivity contribution in [3.05, 3.63) is 51.9 Å². The number of amides is 2. The molecule has 2 heterocycles. The van der Waals surface area contributed by atoms with Gasteiger partial charge in [0.15, 0.2) is 0 Å². The molecule has 1 saturated heterocycles. The third-order valence-electron chi connectivity index (χ3n) is 4.76. The van der Waals surface area contributed by atoms with E-state index in [1.165, 1.54) is 16.4 Å².